The fourth-order valence-electron chi connectivity index (χ4n) is 2.14. The summed E-state index contributed by atoms with van der Waals surface area (Å²) in [5.41, 5.74) is 7.22. The Morgan fingerprint density at radius 1 is 1.39 bits per heavy atom. The summed E-state index contributed by atoms with van der Waals surface area (Å²) < 4.78 is 1.80. The van der Waals surface area contributed by atoms with Gasteiger partial charge in [-0.2, -0.15) is 5.10 Å². The molecule has 0 saturated carbocycles. The number of rotatable bonds is 9. The molecule has 0 spiro atoms. The van der Waals surface area contributed by atoms with E-state index < -0.39 is 0 Å². The first-order chi connectivity index (χ1) is 8.67. The van der Waals surface area contributed by atoms with Gasteiger partial charge in [0.05, 0.1) is 6.20 Å². The van der Waals surface area contributed by atoms with Crippen LogP contribution in [0.2, 0.25) is 0 Å². The second kappa shape index (κ2) is 8.27. The van der Waals surface area contributed by atoms with Crippen molar-refractivity contribution in [2.45, 2.75) is 45.6 Å². The van der Waals surface area contributed by atoms with E-state index in [-0.39, 0.29) is 6.04 Å². The lowest BCUT2D eigenvalue weighted by atomic mass is 9.99. The SMILES string of the molecule is CCCCC(CC)CNCC(N)c1cnn(C)c1. The molecular formula is C14H28N4. The molecule has 2 atom stereocenters. The Bertz CT molecular complexity index is 321. The monoisotopic (exact) mass is 252 g/mol. The first kappa shape index (κ1) is 15.2. The molecule has 0 bridgehead atoms. The molecule has 18 heavy (non-hydrogen) atoms. The lowest BCUT2D eigenvalue weighted by Crippen LogP contribution is -2.30. The Balaban J connectivity index is 2.23. The highest BCUT2D eigenvalue weighted by molar-refractivity contribution is 5.09. The Kier molecular flexibility index (Phi) is 6.98. The van der Waals surface area contributed by atoms with Gasteiger partial charge >= 0.3 is 0 Å². The number of nitrogens with two attached hydrogens (primary N) is 1. The zero-order valence-electron chi connectivity index (χ0n) is 12.0. The van der Waals surface area contributed by atoms with Gasteiger partial charge in [0.2, 0.25) is 0 Å². The lowest BCUT2D eigenvalue weighted by Gasteiger charge is -2.17. The Labute approximate surface area is 111 Å². The van der Waals surface area contributed by atoms with Gasteiger partial charge in [0, 0.05) is 31.4 Å². The summed E-state index contributed by atoms with van der Waals surface area (Å²) in [6, 6.07) is 0.0439. The van der Waals surface area contributed by atoms with Crippen molar-refractivity contribution in [1.82, 2.24) is 15.1 Å². The van der Waals surface area contributed by atoms with Crippen LogP contribution in [-0.2, 0) is 7.05 Å². The zero-order chi connectivity index (χ0) is 13.4. The molecule has 0 radical (unpaired) electrons. The van der Waals surface area contributed by atoms with Gasteiger partial charge in [-0.3, -0.25) is 4.68 Å². The quantitative estimate of drug-likeness (QED) is 0.708. The van der Waals surface area contributed by atoms with E-state index in [0.29, 0.717) is 0 Å². The molecule has 0 amide bonds. The third-order valence-corrected chi connectivity index (χ3v) is 3.49. The van der Waals surface area contributed by atoms with Crippen LogP contribution < -0.4 is 11.1 Å². The molecule has 0 aliphatic carbocycles. The van der Waals surface area contributed by atoms with Crippen LogP contribution in [0, 0.1) is 5.92 Å². The average Bonchev–Trinajstić information content (AvgIpc) is 2.80. The summed E-state index contributed by atoms with van der Waals surface area (Å²) in [6.07, 6.45) is 9.01. The maximum atomic E-state index is 6.12. The number of aryl methyl sites for hydroxylation is 1. The van der Waals surface area contributed by atoms with Crippen LogP contribution in [0.1, 0.15) is 51.1 Å². The fraction of sp³-hybridized carbons (Fsp3) is 0.786. The average molecular weight is 252 g/mol. The number of aromatic nitrogens is 2. The molecule has 1 aromatic heterocycles. The summed E-state index contributed by atoms with van der Waals surface area (Å²) in [5, 5.41) is 7.64. The van der Waals surface area contributed by atoms with Crippen molar-refractivity contribution in [3.05, 3.63) is 18.0 Å². The molecule has 0 saturated heterocycles. The summed E-state index contributed by atoms with van der Waals surface area (Å²) in [5.74, 6) is 0.783. The van der Waals surface area contributed by atoms with E-state index in [1.807, 2.05) is 19.4 Å². The summed E-state index contributed by atoms with van der Waals surface area (Å²) >= 11 is 0. The van der Waals surface area contributed by atoms with Crippen LogP contribution >= 0.6 is 0 Å². The predicted molar refractivity (Wildman–Crippen MR) is 76.3 cm³/mol. The van der Waals surface area contributed by atoms with Crippen molar-refractivity contribution in [1.29, 1.82) is 0 Å². The van der Waals surface area contributed by atoms with Crippen molar-refractivity contribution < 1.29 is 0 Å². The largest absolute Gasteiger partial charge is 0.323 e. The molecule has 1 aromatic rings. The molecule has 0 aliphatic heterocycles. The van der Waals surface area contributed by atoms with E-state index in [9.17, 15) is 0 Å². The highest BCUT2D eigenvalue weighted by atomic mass is 15.2. The van der Waals surface area contributed by atoms with Crippen LogP contribution in [0.4, 0.5) is 0 Å². The van der Waals surface area contributed by atoms with E-state index in [1.165, 1.54) is 25.7 Å². The molecule has 104 valence electrons. The van der Waals surface area contributed by atoms with Crippen LogP contribution in [0.25, 0.3) is 0 Å². The molecule has 2 unspecified atom stereocenters. The summed E-state index contributed by atoms with van der Waals surface area (Å²) in [7, 11) is 1.92. The van der Waals surface area contributed by atoms with Gasteiger partial charge in [-0.05, 0) is 18.9 Å². The summed E-state index contributed by atoms with van der Waals surface area (Å²) in [6.45, 7) is 6.42. The van der Waals surface area contributed by atoms with Crippen molar-refractivity contribution in [3.63, 3.8) is 0 Å². The van der Waals surface area contributed by atoms with Gasteiger partial charge in [-0.25, -0.2) is 0 Å². The maximum absolute atomic E-state index is 6.12. The minimum Gasteiger partial charge on any atom is -0.323 e. The van der Waals surface area contributed by atoms with Gasteiger partial charge in [0.15, 0.2) is 0 Å². The molecule has 3 N–H and O–H groups in total. The van der Waals surface area contributed by atoms with E-state index >= 15 is 0 Å². The van der Waals surface area contributed by atoms with E-state index in [1.54, 1.807) is 4.68 Å². The summed E-state index contributed by atoms with van der Waals surface area (Å²) in [4.78, 5) is 0. The standard InChI is InChI=1S/C14H28N4/c1-4-6-7-12(5-2)8-16-10-14(15)13-9-17-18(3)11-13/h9,11-12,14,16H,4-8,10,15H2,1-3H3. The number of hydrogen-bond donors (Lipinski definition) is 2. The fourth-order valence-corrected chi connectivity index (χ4v) is 2.14. The van der Waals surface area contributed by atoms with Gasteiger partial charge in [-0.15, -0.1) is 0 Å². The van der Waals surface area contributed by atoms with E-state index in [0.717, 1.165) is 24.6 Å². The Morgan fingerprint density at radius 3 is 2.72 bits per heavy atom. The van der Waals surface area contributed by atoms with Crippen molar-refractivity contribution in [2.24, 2.45) is 18.7 Å². The highest BCUT2D eigenvalue weighted by Gasteiger charge is 2.09. The molecule has 4 nitrogen and oxygen atoms in total. The van der Waals surface area contributed by atoms with Crippen LogP contribution in [0.15, 0.2) is 12.4 Å². The molecule has 0 fully saturated rings. The number of nitrogens with one attached hydrogen (secondary N) is 1. The second-order valence-corrected chi connectivity index (χ2v) is 5.13. The normalized spacial score (nSPS) is 14.7. The van der Waals surface area contributed by atoms with E-state index in [4.69, 9.17) is 5.73 Å². The molecule has 0 aromatic carbocycles. The predicted octanol–water partition coefficient (Wildman–Crippen LogP) is 2.23. The first-order valence-corrected chi connectivity index (χ1v) is 7.12. The topological polar surface area (TPSA) is 55.9 Å². The lowest BCUT2D eigenvalue weighted by molar-refractivity contribution is 0.413. The third kappa shape index (κ3) is 5.19. The van der Waals surface area contributed by atoms with Crippen molar-refractivity contribution >= 4 is 0 Å². The van der Waals surface area contributed by atoms with Crippen molar-refractivity contribution in [2.75, 3.05) is 13.1 Å². The highest BCUT2D eigenvalue weighted by Crippen LogP contribution is 2.12. The number of unbranched alkanes of at least 4 members (excludes halogenated alkanes) is 1. The molecule has 1 heterocycles. The maximum Gasteiger partial charge on any atom is 0.0537 e. The minimum atomic E-state index is 0.0439. The Morgan fingerprint density at radius 2 is 2.17 bits per heavy atom. The molecule has 0 aliphatic rings. The Hall–Kier alpha value is -0.870. The number of nitrogens with zero attached hydrogens (tertiary/aromatic N) is 2. The van der Waals surface area contributed by atoms with Gasteiger partial charge < -0.3 is 11.1 Å². The van der Waals surface area contributed by atoms with E-state index in [2.05, 4.69) is 24.3 Å². The molecular weight excluding hydrogens is 224 g/mol. The van der Waals surface area contributed by atoms with Crippen LogP contribution in [0.5, 0.6) is 0 Å². The number of hydrogen-bond acceptors (Lipinski definition) is 3. The molecule has 4 heteroatoms. The van der Waals surface area contributed by atoms with Crippen LogP contribution in [0.3, 0.4) is 0 Å². The van der Waals surface area contributed by atoms with Crippen LogP contribution in [-0.4, -0.2) is 22.9 Å². The van der Waals surface area contributed by atoms with Gasteiger partial charge in [0.25, 0.3) is 0 Å². The minimum absolute atomic E-state index is 0.0439. The van der Waals surface area contributed by atoms with Gasteiger partial charge in [0.1, 0.15) is 0 Å². The third-order valence-electron chi connectivity index (χ3n) is 3.49. The smallest absolute Gasteiger partial charge is 0.0537 e. The zero-order valence-corrected chi connectivity index (χ0v) is 12.0. The van der Waals surface area contributed by atoms with Crippen molar-refractivity contribution in [3.8, 4) is 0 Å². The van der Waals surface area contributed by atoms with Gasteiger partial charge in [-0.1, -0.05) is 33.1 Å². The first-order valence-electron chi connectivity index (χ1n) is 7.12. The molecule has 1 rings (SSSR count). The second-order valence-electron chi connectivity index (χ2n) is 5.13.